The number of carbonyl (C=O) groups is 2. The first-order chi connectivity index (χ1) is 15.5. The van der Waals surface area contributed by atoms with Crippen LogP contribution < -0.4 is 10.6 Å². The summed E-state index contributed by atoms with van der Waals surface area (Å²) in [6, 6.07) is 13.4. The minimum atomic E-state index is -0.567. The maximum absolute atomic E-state index is 13.7. The summed E-state index contributed by atoms with van der Waals surface area (Å²) in [6.07, 6.45) is 2.11. The van der Waals surface area contributed by atoms with E-state index in [0.717, 1.165) is 11.3 Å². The van der Waals surface area contributed by atoms with Crippen molar-refractivity contribution in [2.75, 3.05) is 17.6 Å². The summed E-state index contributed by atoms with van der Waals surface area (Å²) in [6.45, 7) is 6.47. The van der Waals surface area contributed by atoms with Gasteiger partial charge in [-0.15, -0.1) is 16.8 Å². The summed E-state index contributed by atoms with van der Waals surface area (Å²) in [7, 11) is 0. The number of rotatable bonds is 10. The van der Waals surface area contributed by atoms with Gasteiger partial charge < -0.3 is 15.2 Å². The van der Waals surface area contributed by atoms with Gasteiger partial charge in [0.05, 0.1) is 11.3 Å². The number of aromatic nitrogens is 3. The number of amides is 2. The van der Waals surface area contributed by atoms with Crippen molar-refractivity contribution < 1.29 is 14.0 Å². The Bertz CT molecular complexity index is 1100. The topological polar surface area (TPSA) is 88.9 Å². The SMILES string of the molecule is C=CCn1c(CCNC(=O)c2ccccc2F)nnc1SCC(=O)Nc1ccc(C)cc1. The largest absolute Gasteiger partial charge is 0.351 e. The maximum Gasteiger partial charge on any atom is 0.254 e. The zero-order chi connectivity index (χ0) is 22.9. The molecule has 0 aliphatic rings. The Balaban J connectivity index is 1.55. The van der Waals surface area contributed by atoms with E-state index in [0.29, 0.717) is 23.9 Å². The second-order valence-corrected chi connectivity index (χ2v) is 7.93. The summed E-state index contributed by atoms with van der Waals surface area (Å²) >= 11 is 1.27. The van der Waals surface area contributed by atoms with Crippen LogP contribution in [0.5, 0.6) is 0 Å². The molecule has 0 aliphatic carbocycles. The first kappa shape index (κ1) is 23.2. The lowest BCUT2D eigenvalue weighted by molar-refractivity contribution is -0.113. The Morgan fingerprint density at radius 2 is 1.91 bits per heavy atom. The highest BCUT2D eigenvalue weighted by molar-refractivity contribution is 7.99. The molecular formula is C23H24FN5O2S. The lowest BCUT2D eigenvalue weighted by Gasteiger charge is -2.09. The van der Waals surface area contributed by atoms with Crippen LogP contribution in [-0.2, 0) is 17.8 Å². The van der Waals surface area contributed by atoms with Gasteiger partial charge in [-0.1, -0.05) is 47.7 Å². The second kappa shape index (κ2) is 11.2. The molecular weight excluding hydrogens is 429 g/mol. The van der Waals surface area contributed by atoms with E-state index in [-0.39, 0.29) is 23.8 Å². The summed E-state index contributed by atoms with van der Waals surface area (Å²) in [4.78, 5) is 24.4. The molecule has 0 aliphatic heterocycles. The van der Waals surface area contributed by atoms with Gasteiger partial charge in [0, 0.05) is 25.2 Å². The standard InChI is InChI=1S/C23H24FN5O2S/c1-3-14-29-20(12-13-25-22(31)18-6-4-5-7-19(18)24)27-28-23(29)32-15-21(30)26-17-10-8-16(2)9-11-17/h3-11H,1,12-15H2,2H3,(H,25,31)(H,26,30). The fourth-order valence-electron chi connectivity index (χ4n) is 2.92. The molecule has 0 bridgehead atoms. The van der Waals surface area contributed by atoms with Crippen LogP contribution >= 0.6 is 11.8 Å². The molecule has 0 unspecified atom stereocenters. The lowest BCUT2D eigenvalue weighted by atomic mass is 10.2. The van der Waals surface area contributed by atoms with E-state index >= 15 is 0 Å². The molecule has 0 saturated carbocycles. The number of carbonyl (C=O) groups excluding carboxylic acids is 2. The number of aryl methyl sites for hydroxylation is 1. The monoisotopic (exact) mass is 453 g/mol. The van der Waals surface area contributed by atoms with Crippen LogP contribution in [-0.4, -0.2) is 38.9 Å². The zero-order valence-electron chi connectivity index (χ0n) is 17.7. The predicted molar refractivity (Wildman–Crippen MR) is 123 cm³/mol. The summed E-state index contributed by atoms with van der Waals surface area (Å²) < 4.78 is 15.6. The van der Waals surface area contributed by atoms with Crippen molar-refractivity contribution in [1.29, 1.82) is 0 Å². The summed E-state index contributed by atoms with van der Waals surface area (Å²) in [5, 5.41) is 14.5. The van der Waals surface area contributed by atoms with Crippen molar-refractivity contribution in [1.82, 2.24) is 20.1 Å². The first-order valence-electron chi connectivity index (χ1n) is 10.0. The van der Waals surface area contributed by atoms with Crippen molar-refractivity contribution in [3.63, 3.8) is 0 Å². The number of halogens is 1. The molecule has 0 atom stereocenters. The van der Waals surface area contributed by atoms with Gasteiger partial charge in [0.2, 0.25) is 5.91 Å². The molecule has 0 fully saturated rings. The van der Waals surface area contributed by atoms with E-state index in [1.54, 1.807) is 12.1 Å². The third kappa shape index (κ3) is 6.27. The van der Waals surface area contributed by atoms with Crippen molar-refractivity contribution in [2.45, 2.75) is 25.0 Å². The molecule has 0 radical (unpaired) electrons. The number of benzene rings is 2. The van der Waals surface area contributed by atoms with E-state index in [2.05, 4.69) is 27.4 Å². The molecule has 3 rings (SSSR count). The van der Waals surface area contributed by atoms with Crippen molar-refractivity contribution >= 4 is 29.3 Å². The number of nitrogens with zero attached hydrogens (tertiary/aromatic N) is 3. The Hall–Kier alpha value is -3.46. The second-order valence-electron chi connectivity index (χ2n) is 6.99. The molecule has 2 N–H and O–H groups in total. The fraction of sp³-hybridized carbons (Fsp3) is 0.217. The first-order valence-corrected chi connectivity index (χ1v) is 11.0. The number of hydrogen-bond donors (Lipinski definition) is 2. The highest BCUT2D eigenvalue weighted by atomic mass is 32.2. The summed E-state index contributed by atoms with van der Waals surface area (Å²) in [5.74, 6) is -0.388. The zero-order valence-corrected chi connectivity index (χ0v) is 18.5. The van der Waals surface area contributed by atoms with Gasteiger partial charge in [-0.2, -0.15) is 0 Å². The van der Waals surface area contributed by atoms with Crippen molar-refractivity contribution in [2.24, 2.45) is 0 Å². The molecule has 2 aromatic carbocycles. The maximum atomic E-state index is 13.7. The molecule has 2 amide bonds. The molecule has 9 heteroatoms. The molecule has 32 heavy (non-hydrogen) atoms. The number of allylic oxidation sites excluding steroid dienone is 1. The molecule has 1 heterocycles. The van der Waals surface area contributed by atoms with Crippen molar-refractivity contribution in [3.8, 4) is 0 Å². The Kier molecular flexibility index (Phi) is 8.15. The van der Waals surface area contributed by atoms with Crippen LogP contribution in [0.1, 0.15) is 21.7 Å². The average Bonchev–Trinajstić information content (AvgIpc) is 3.16. The molecule has 1 aromatic heterocycles. The van der Waals surface area contributed by atoms with Crippen LogP contribution in [0, 0.1) is 12.7 Å². The smallest absolute Gasteiger partial charge is 0.254 e. The molecule has 7 nitrogen and oxygen atoms in total. The van der Waals surface area contributed by atoms with Gasteiger partial charge >= 0.3 is 0 Å². The van der Waals surface area contributed by atoms with Gasteiger partial charge in [0.1, 0.15) is 11.6 Å². The third-order valence-electron chi connectivity index (χ3n) is 4.53. The van der Waals surface area contributed by atoms with E-state index in [1.807, 2.05) is 35.8 Å². The number of hydrogen-bond acceptors (Lipinski definition) is 5. The van der Waals surface area contributed by atoms with Gasteiger partial charge in [-0.25, -0.2) is 4.39 Å². The highest BCUT2D eigenvalue weighted by Gasteiger charge is 2.15. The molecule has 166 valence electrons. The van der Waals surface area contributed by atoms with Crippen molar-refractivity contribution in [3.05, 3.63) is 84.0 Å². The lowest BCUT2D eigenvalue weighted by Crippen LogP contribution is -2.27. The van der Waals surface area contributed by atoms with Crippen LogP contribution in [0.15, 0.2) is 66.3 Å². The quantitative estimate of drug-likeness (QED) is 0.362. The Labute approximate surface area is 190 Å². The summed E-state index contributed by atoms with van der Waals surface area (Å²) in [5.41, 5.74) is 1.85. The Morgan fingerprint density at radius 3 is 2.62 bits per heavy atom. The fourth-order valence-corrected chi connectivity index (χ4v) is 3.68. The van der Waals surface area contributed by atoms with Crippen LogP contribution in [0.4, 0.5) is 10.1 Å². The van der Waals surface area contributed by atoms with E-state index < -0.39 is 11.7 Å². The minimum absolute atomic E-state index is 0.00380. The minimum Gasteiger partial charge on any atom is -0.351 e. The number of thioether (sulfide) groups is 1. The molecule has 3 aromatic rings. The highest BCUT2D eigenvalue weighted by Crippen LogP contribution is 2.18. The van der Waals surface area contributed by atoms with Gasteiger partial charge in [0.15, 0.2) is 5.16 Å². The predicted octanol–water partition coefficient (Wildman–Crippen LogP) is 3.61. The van der Waals surface area contributed by atoms with Gasteiger partial charge in [0.25, 0.3) is 5.91 Å². The van der Waals surface area contributed by atoms with Gasteiger partial charge in [-0.3, -0.25) is 9.59 Å². The van der Waals surface area contributed by atoms with Gasteiger partial charge in [-0.05, 0) is 31.2 Å². The van der Waals surface area contributed by atoms with E-state index in [4.69, 9.17) is 0 Å². The average molecular weight is 454 g/mol. The molecule has 0 spiro atoms. The number of nitrogens with one attached hydrogen (secondary N) is 2. The number of anilines is 1. The normalized spacial score (nSPS) is 10.6. The third-order valence-corrected chi connectivity index (χ3v) is 5.49. The Morgan fingerprint density at radius 1 is 1.16 bits per heavy atom. The van der Waals surface area contributed by atoms with E-state index in [1.165, 1.54) is 30.0 Å². The van der Waals surface area contributed by atoms with Crippen LogP contribution in [0.3, 0.4) is 0 Å². The molecule has 0 saturated heterocycles. The van der Waals surface area contributed by atoms with E-state index in [9.17, 15) is 14.0 Å². The van der Waals surface area contributed by atoms with Crippen LogP contribution in [0.2, 0.25) is 0 Å². The van der Waals surface area contributed by atoms with Crippen LogP contribution in [0.25, 0.3) is 0 Å².